The zero-order valence-electron chi connectivity index (χ0n) is 12.7. The van der Waals surface area contributed by atoms with E-state index in [2.05, 4.69) is 20.5 Å². The van der Waals surface area contributed by atoms with Crippen molar-refractivity contribution in [2.75, 3.05) is 6.54 Å². The summed E-state index contributed by atoms with van der Waals surface area (Å²) in [7, 11) is 0. The number of H-pyrrole nitrogens is 1. The van der Waals surface area contributed by atoms with E-state index in [4.69, 9.17) is 17.3 Å². The third-order valence-corrected chi connectivity index (χ3v) is 3.64. The van der Waals surface area contributed by atoms with Crippen molar-refractivity contribution in [1.82, 2.24) is 25.4 Å². The first-order valence-electron chi connectivity index (χ1n) is 7.29. The number of carbonyl (C=O) groups is 2. The van der Waals surface area contributed by atoms with Crippen LogP contribution in [0, 0.1) is 0 Å². The molecule has 8 nitrogen and oxygen atoms in total. The minimum absolute atomic E-state index is 0.0256. The number of hydrogen-bond donors (Lipinski definition) is 3. The van der Waals surface area contributed by atoms with E-state index in [1.165, 1.54) is 0 Å². The number of likely N-dealkylation sites (tertiary alicyclic amines) is 1. The normalized spacial score (nSPS) is 21.4. The van der Waals surface area contributed by atoms with Crippen molar-refractivity contribution in [3.8, 4) is 0 Å². The lowest BCUT2D eigenvalue weighted by Crippen LogP contribution is -2.47. The number of aromatic amines is 1. The maximum Gasteiger partial charge on any atom is 0.243 e. The summed E-state index contributed by atoms with van der Waals surface area (Å²) < 4.78 is 0. The molecule has 0 saturated carbocycles. The molecule has 0 radical (unpaired) electrons. The van der Waals surface area contributed by atoms with Gasteiger partial charge in [-0.2, -0.15) is 0 Å². The highest BCUT2D eigenvalue weighted by Crippen LogP contribution is 2.18. The summed E-state index contributed by atoms with van der Waals surface area (Å²) in [6, 6.07) is -0.646. The molecule has 2 heterocycles. The second-order valence-corrected chi connectivity index (χ2v) is 6.11. The summed E-state index contributed by atoms with van der Waals surface area (Å²) in [5.74, 6) is 0.272. The van der Waals surface area contributed by atoms with Crippen LogP contribution >= 0.6 is 11.6 Å². The van der Waals surface area contributed by atoms with Gasteiger partial charge in [0.2, 0.25) is 17.1 Å². The summed E-state index contributed by atoms with van der Waals surface area (Å²) >= 11 is 5.62. The molecule has 0 bridgehead atoms. The van der Waals surface area contributed by atoms with Crippen LogP contribution in [0.1, 0.15) is 32.5 Å². The number of nitrogens with one attached hydrogen (secondary N) is 2. The van der Waals surface area contributed by atoms with Crippen molar-refractivity contribution in [2.24, 2.45) is 5.73 Å². The molecule has 1 aliphatic rings. The molecule has 0 unspecified atom stereocenters. The zero-order valence-corrected chi connectivity index (χ0v) is 13.4. The zero-order chi connectivity index (χ0) is 16.3. The van der Waals surface area contributed by atoms with Crippen LogP contribution in [0.4, 0.5) is 0 Å². The average Bonchev–Trinajstić information content (AvgIpc) is 3.01. The van der Waals surface area contributed by atoms with E-state index >= 15 is 0 Å². The summed E-state index contributed by atoms with van der Waals surface area (Å²) in [4.78, 5) is 30.1. The van der Waals surface area contributed by atoms with Gasteiger partial charge in [0.1, 0.15) is 11.9 Å². The van der Waals surface area contributed by atoms with E-state index < -0.39 is 6.04 Å². The number of hydrogen-bond acceptors (Lipinski definition) is 5. The SMILES string of the molecule is CC(C)NC(=O)[C@@H]1C[C@H](N)CN1C(=O)CCc1nc(Cl)n[nH]1. The fourth-order valence-corrected chi connectivity index (χ4v) is 2.67. The topological polar surface area (TPSA) is 117 Å². The van der Waals surface area contributed by atoms with E-state index in [-0.39, 0.29) is 35.6 Å². The minimum atomic E-state index is -0.497. The quantitative estimate of drug-likeness (QED) is 0.694. The molecule has 1 fully saturated rings. The molecule has 22 heavy (non-hydrogen) atoms. The summed E-state index contributed by atoms with van der Waals surface area (Å²) in [6.45, 7) is 4.16. The number of rotatable bonds is 5. The van der Waals surface area contributed by atoms with Crippen LogP contribution in [-0.2, 0) is 16.0 Å². The van der Waals surface area contributed by atoms with Crippen molar-refractivity contribution >= 4 is 23.4 Å². The van der Waals surface area contributed by atoms with E-state index in [0.717, 1.165) is 0 Å². The van der Waals surface area contributed by atoms with Crippen molar-refractivity contribution in [2.45, 2.75) is 51.2 Å². The fourth-order valence-electron chi connectivity index (χ4n) is 2.53. The van der Waals surface area contributed by atoms with Gasteiger partial charge in [0.15, 0.2) is 0 Å². The molecule has 1 aromatic heterocycles. The second-order valence-electron chi connectivity index (χ2n) is 5.77. The highest BCUT2D eigenvalue weighted by molar-refractivity contribution is 6.28. The highest BCUT2D eigenvalue weighted by atomic mass is 35.5. The van der Waals surface area contributed by atoms with Crippen LogP contribution < -0.4 is 11.1 Å². The summed E-state index contributed by atoms with van der Waals surface area (Å²) in [5.41, 5.74) is 5.91. The molecule has 0 spiro atoms. The Balaban J connectivity index is 1.95. The first-order chi connectivity index (χ1) is 10.4. The molecule has 9 heteroatoms. The Bertz CT molecular complexity index is 546. The molecular weight excluding hydrogens is 308 g/mol. The lowest BCUT2D eigenvalue weighted by Gasteiger charge is -2.24. The number of halogens is 1. The smallest absolute Gasteiger partial charge is 0.243 e. The largest absolute Gasteiger partial charge is 0.352 e. The molecule has 122 valence electrons. The van der Waals surface area contributed by atoms with Gasteiger partial charge in [-0.3, -0.25) is 14.7 Å². The van der Waals surface area contributed by atoms with Crippen LogP contribution in [0.25, 0.3) is 0 Å². The summed E-state index contributed by atoms with van der Waals surface area (Å²) in [5, 5.41) is 9.31. The molecule has 2 amide bonds. The third kappa shape index (κ3) is 4.17. The van der Waals surface area contributed by atoms with Crippen LogP contribution in [0.2, 0.25) is 5.28 Å². The monoisotopic (exact) mass is 328 g/mol. The third-order valence-electron chi connectivity index (χ3n) is 3.47. The second kappa shape index (κ2) is 7.06. The average molecular weight is 329 g/mol. The molecule has 1 aromatic rings. The molecular formula is C13H21ClN6O2. The minimum Gasteiger partial charge on any atom is -0.352 e. The van der Waals surface area contributed by atoms with Crippen molar-refractivity contribution in [3.05, 3.63) is 11.1 Å². The van der Waals surface area contributed by atoms with E-state index in [0.29, 0.717) is 25.2 Å². The summed E-state index contributed by atoms with van der Waals surface area (Å²) in [6.07, 6.45) is 1.10. The van der Waals surface area contributed by atoms with E-state index in [1.807, 2.05) is 13.8 Å². The number of aryl methyl sites for hydroxylation is 1. The molecule has 0 aromatic carbocycles. The Kier molecular flexibility index (Phi) is 5.36. The number of nitrogens with two attached hydrogens (primary N) is 1. The van der Waals surface area contributed by atoms with Crippen molar-refractivity contribution in [1.29, 1.82) is 0 Å². The van der Waals surface area contributed by atoms with Gasteiger partial charge in [-0.25, -0.2) is 4.98 Å². The Morgan fingerprint density at radius 2 is 2.27 bits per heavy atom. The Hall–Kier alpha value is -1.67. The van der Waals surface area contributed by atoms with E-state index in [1.54, 1.807) is 4.90 Å². The predicted molar refractivity (Wildman–Crippen MR) is 81.1 cm³/mol. The van der Waals surface area contributed by atoms with Gasteiger partial charge in [0, 0.05) is 31.5 Å². The highest BCUT2D eigenvalue weighted by Gasteiger charge is 2.37. The van der Waals surface area contributed by atoms with E-state index in [9.17, 15) is 9.59 Å². The predicted octanol–water partition coefficient (Wildman–Crippen LogP) is -0.156. The molecule has 0 aliphatic carbocycles. The number of nitrogens with zero attached hydrogens (tertiary/aromatic N) is 3. The van der Waals surface area contributed by atoms with Gasteiger partial charge in [0.05, 0.1) is 0 Å². The number of aromatic nitrogens is 3. The van der Waals surface area contributed by atoms with Gasteiger partial charge in [0.25, 0.3) is 0 Å². The Labute approximate surface area is 133 Å². The Morgan fingerprint density at radius 1 is 1.55 bits per heavy atom. The lowest BCUT2D eigenvalue weighted by atomic mass is 10.1. The van der Waals surface area contributed by atoms with Crippen LogP contribution in [0.15, 0.2) is 0 Å². The molecule has 4 N–H and O–H groups in total. The van der Waals surface area contributed by atoms with Gasteiger partial charge < -0.3 is 16.0 Å². The first kappa shape index (κ1) is 16.7. The molecule has 1 saturated heterocycles. The molecule has 1 aliphatic heterocycles. The lowest BCUT2D eigenvalue weighted by molar-refractivity contribution is -0.138. The first-order valence-corrected chi connectivity index (χ1v) is 7.66. The Morgan fingerprint density at radius 3 is 2.86 bits per heavy atom. The number of carbonyl (C=O) groups excluding carboxylic acids is 2. The van der Waals surface area contributed by atoms with Gasteiger partial charge in [-0.05, 0) is 31.9 Å². The van der Waals surface area contributed by atoms with Gasteiger partial charge in [-0.1, -0.05) is 0 Å². The van der Waals surface area contributed by atoms with Crippen LogP contribution in [-0.4, -0.2) is 56.6 Å². The maximum absolute atomic E-state index is 12.4. The molecule has 2 atom stereocenters. The molecule has 2 rings (SSSR count). The van der Waals surface area contributed by atoms with Crippen LogP contribution in [0.5, 0.6) is 0 Å². The fraction of sp³-hybridized carbons (Fsp3) is 0.692. The van der Waals surface area contributed by atoms with Gasteiger partial charge >= 0.3 is 0 Å². The van der Waals surface area contributed by atoms with Crippen molar-refractivity contribution in [3.63, 3.8) is 0 Å². The maximum atomic E-state index is 12.4. The number of amides is 2. The van der Waals surface area contributed by atoms with Crippen molar-refractivity contribution < 1.29 is 9.59 Å². The standard InChI is InChI=1S/C13H21ClN6O2/c1-7(2)16-12(22)9-5-8(15)6-20(9)11(21)4-3-10-17-13(14)19-18-10/h7-9H,3-6,15H2,1-2H3,(H,16,22)(H,17,18,19)/t8-,9-/m0/s1. The van der Waals surface area contributed by atoms with Gasteiger partial charge in [-0.15, -0.1) is 5.10 Å². The van der Waals surface area contributed by atoms with Crippen LogP contribution in [0.3, 0.4) is 0 Å².